The van der Waals surface area contributed by atoms with Crippen molar-refractivity contribution in [3.05, 3.63) is 51.8 Å². The van der Waals surface area contributed by atoms with Crippen LogP contribution in [-0.4, -0.2) is 44.9 Å². The molecule has 1 aliphatic rings. The number of carbonyl (C=O) groups excluding carboxylic acids is 1. The van der Waals surface area contributed by atoms with Gasteiger partial charge in [-0.2, -0.15) is 0 Å². The highest BCUT2D eigenvalue weighted by molar-refractivity contribution is 6.30. The quantitative estimate of drug-likeness (QED) is 0.869. The third-order valence-electron chi connectivity index (χ3n) is 4.47. The molecule has 0 aromatic carbocycles. The summed E-state index contributed by atoms with van der Waals surface area (Å²) in [7, 11) is 0. The molecule has 0 radical (unpaired) electrons. The van der Waals surface area contributed by atoms with Crippen molar-refractivity contribution in [1.82, 2.24) is 19.9 Å². The van der Waals surface area contributed by atoms with Gasteiger partial charge in [0.1, 0.15) is 5.82 Å². The maximum Gasteiger partial charge on any atom is 0.266 e. The van der Waals surface area contributed by atoms with E-state index in [1.54, 1.807) is 18.3 Å². The highest BCUT2D eigenvalue weighted by Gasteiger charge is 2.29. The van der Waals surface area contributed by atoms with Crippen molar-refractivity contribution in [2.24, 2.45) is 0 Å². The van der Waals surface area contributed by atoms with Crippen LogP contribution in [-0.2, 0) is 4.79 Å². The standard InChI is InChI=1S/C17H20ClN5O2/c1-11(17(25)22-15-5-4-13(18)7-20-15)23-6-2-3-12(10-23)14-8-21-16(24)9-19-14/h4-5,7-9,11-12H,2-3,6,10H2,1H3,(H,21,24)(H,20,22,25)/t11-,12+/m0/s1. The van der Waals surface area contributed by atoms with Crippen LogP contribution in [0.15, 0.2) is 35.5 Å². The van der Waals surface area contributed by atoms with E-state index in [-0.39, 0.29) is 23.4 Å². The van der Waals surface area contributed by atoms with Gasteiger partial charge in [0, 0.05) is 24.9 Å². The molecular formula is C17H20ClN5O2. The number of anilines is 1. The number of carbonyl (C=O) groups is 1. The van der Waals surface area contributed by atoms with Gasteiger partial charge in [0.2, 0.25) is 5.91 Å². The molecule has 0 spiro atoms. The van der Waals surface area contributed by atoms with Gasteiger partial charge >= 0.3 is 0 Å². The number of nitrogens with one attached hydrogen (secondary N) is 2. The lowest BCUT2D eigenvalue weighted by Gasteiger charge is -2.35. The number of hydrogen-bond donors (Lipinski definition) is 2. The smallest absolute Gasteiger partial charge is 0.266 e. The van der Waals surface area contributed by atoms with Gasteiger partial charge in [0.05, 0.1) is 23.0 Å². The van der Waals surface area contributed by atoms with Crippen molar-refractivity contribution in [2.75, 3.05) is 18.4 Å². The SMILES string of the molecule is C[C@@H](C(=O)Nc1ccc(Cl)cn1)N1CCC[C@@H](c2c[nH]c(=O)cn2)C1. The lowest BCUT2D eigenvalue weighted by molar-refractivity contribution is -0.121. The highest BCUT2D eigenvalue weighted by Crippen LogP contribution is 2.26. The predicted octanol–water partition coefficient (Wildman–Crippen LogP) is 2.02. The van der Waals surface area contributed by atoms with Crippen LogP contribution in [0.5, 0.6) is 0 Å². The fourth-order valence-corrected chi connectivity index (χ4v) is 3.13. The first-order chi connectivity index (χ1) is 12.0. The molecule has 3 rings (SSSR count). The zero-order chi connectivity index (χ0) is 17.8. The number of hydrogen-bond acceptors (Lipinski definition) is 5. The Morgan fingerprint density at radius 2 is 2.24 bits per heavy atom. The highest BCUT2D eigenvalue weighted by atomic mass is 35.5. The van der Waals surface area contributed by atoms with Crippen LogP contribution in [0, 0.1) is 0 Å². The molecule has 2 atom stereocenters. The fraction of sp³-hybridized carbons (Fsp3) is 0.412. The van der Waals surface area contributed by atoms with E-state index in [0.717, 1.165) is 31.6 Å². The third kappa shape index (κ3) is 4.43. The van der Waals surface area contributed by atoms with Crippen LogP contribution in [0.4, 0.5) is 5.82 Å². The van der Waals surface area contributed by atoms with Gasteiger partial charge in [-0.3, -0.25) is 19.5 Å². The molecule has 1 aliphatic heterocycles. The van der Waals surface area contributed by atoms with Crippen molar-refractivity contribution in [3.63, 3.8) is 0 Å². The number of nitrogens with zero attached hydrogens (tertiary/aromatic N) is 3. The molecule has 0 aliphatic carbocycles. The molecular weight excluding hydrogens is 342 g/mol. The van der Waals surface area contributed by atoms with Gasteiger partial charge in [0.25, 0.3) is 5.56 Å². The van der Waals surface area contributed by atoms with E-state index in [9.17, 15) is 9.59 Å². The summed E-state index contributed by atoms with van der Waals surface area (Å²) in [4.78, 5) is 36.8. The largest absolute Gasteiger partial charge is 0.326 e. The summed E-state index contributed by atoms with van der Waals surface area (Å²) in [6.45, 7) is 3.46. The molecule has 25 heavy (non-hydrogen) atoms. The van der Waals surface area contributed by atoms with Crippen molar-refractivity contribution in [1.29, 1.82) is 0 Å². The number of amides is 1. The first-order valence-electron chi connectivity index (χ1n) is 8.24. The zero-order valence-electron chi connectivity index (χ0n) is 13.9. The minimum atomic E-state index is -0.289. The molecule has 3 heterocycles. The maximum absolute atomic E-state index is 12.5. The molecule has 0 unspecified atom stereocenters. The van der Waals surface area contributed by atoms with Gasteiger partial charge in [0.15, 0.2) is 0 Å². The molecule has 0 saturated carbocycles. The van der Waals surface area contributed by atoms with Crippen LogP contribution < -0.4 is 10.9 Å². The van der Waals surface area contributed by atoms with E-state index in [4.69, 9.17) is 11.6 Å². The zero-order valence-corrected chi connectivity index (χ0v) is 14.7. The molecule has 2 aromatic rings. The second kappa shape index (κ2) is 7.76. The average Bonchev–Trinajstić information content (AvgIpc) is 2.63. The molecule has 132 valence electrons. The number of rotatable bonds is 4. The normalized spacial score (nSPS) is 19.4. The van der Waals surface area contributed by atoms with Crippen molar-refractivity contribution in [3.8, 4) is 0 Å². The molecule has 1 saturated heterocycles. The summed E-state index contributed by atoms with van der Waals surface area (Å²) in [6.07, 6.45) is 6.43. The molecule has 2 N–H and O–H groups in total. The van der Waals surface area contributed by atoms with Gasteiger partial charge in [-0.25, -0.2) is 4.98 Å². The van der Waals surface area contributed by atoms with E-state index in [1.807, 2.05) is 6.92 Å². The Morgan fingerprint density at radius 3 is 2.92 bits per heavy atom. The molecule has 1 fully saturated rings. The summed E-state index contributed by atoms with van der Waals surface area (Å²) in [5.74, 6) is 0.580. The molecule has 7 nitrogen and oxygen atoms in total. The molecule has 0 bridgehead atoms. The van der Waals surface area contributed by atoms with E-state index < -0.39 is 0 Å². The molecule has 2 aromatic heterocycles. The van der Waals surface area contributed by atoms with Gasteiger partial charge in [-0.05, 0) is 38.4 Å². The number of aromatic nitrogens is 3. The minimum Gasteiger partial charge on any atom is -0.326 e. The minimum absolute atomic E-state index is 0.107. The number of likely N-dealkylation sites (tertiary alicyclic amines) is 1. The van der Waals surface area contributed by atoms with Crippen LogP contribution >= 0.6 is 11.6 Å². The second-order valence-electron chi connectivity index (χ2n) is 6.20. The average molecular weight is 362 g/mol. The number of H-pyrrole nitrogens is 1. The Morgan fingerprint density at radius 1 is 1.40 bits per heavy atom. The first-order valence-corrected chi connectivity index (χ1v) is 8.62. The summed E-state index contributed by atoms with van der Waals surface area (Å²) >= 11 is 5.81. The Bertz CT molecular complexity index is 772. The van der Waals surface area contributed by atoms with E-state index in [2.05, 4.69) is 25.2 Å². The van der Waals surface area contributed by atoms with Gasteiger partial charge in [-0.15, -0.1) is 0 Å². The Labute approximate surface area is 150 Å². The molecule has 8 heteroatoms. The van der Waals surface area contributed by atoms with Gasteiger partial charge < -0.3 is 10.3 Å². The number of halogens is 1. The Kier molecular flexibility index (Phi) is 5.45. The van der Waals surface area contributed by atoms with Crippen molar-refractivity contribution >= 4 is 23.3 Å². The number of pyridine rings is 1. The Balaban J connectivity index is 1.63. The van der Waals surface area contributed by atoms with Crippen LogP contribution in [0.2, 0.25) is 5.02 Å². The van der Waals surface area contributed by atoms with Crippen molar-refractivity contribution < 1.29 is 4.79 Å². The lowest BCUT2D eigenvalue weighted by atomic mass is 9.94. The van der Waals surface area contributed by atoms with E-state index >= 15 is 0 Å². The molecule has 1 amide bonds. The van der Waals surface area contributed by atoms with E-state index in [1.165, 1.54) is 12.4 Å². The van der Waals surface area contributed by atoms with Crippen LogP contribution in [0.1, 0.15) is 31.4 Å². The second-order valence-corrected chi connectivity index (χ2v) is 6.63. The maximum atomic E-state index is 12.5. The Hall–Kier alpha value is -2.25. The summed E-state index contributed by atoms with van der Waals surface area (Å²) in [5.41, 5.74) is 0.649. The van der Waals surface area contributed by atoms with Crippen LogP contribution in [0.25, 0.3) is 0 Å². The topological polar surface area (TPSA) is 91.0 Å². The van der Waals surface area contributed by atoms with E-state index in [0.29, 0.717) is 10.8 Å². The monoisotopic (exact) mass is 361 g/mol. The van der Waals surface area contributed by atoms with Gasteiger partial charge in [-0.1, -0.05) is 11.6 Å². The lowest BCUT2D eigenvalue weighted by Crippen LogP contribution is -2.46. The fourth-order valence-electron chi connectivity index (χ4n) is 3.02. The summed E-state index contributed by atoms with van der Waals surface area (Å²) in [6, 6.07) is 3.08. The number of piperidine rings is 1. The summed E-state index contributed by atoms with van der Waals surface area (Å²) < 4.78 is 0. The first kappa shape index (κ1) is 17.6. The van der Waals surface area contributed by atoms with Crippen molar-refractivity contribution in [2.45, 2.75) is 31.7 Å². The van der Waals surface area contributed by atoms with Crippen LogP contribution in [0.3, 0.4) is 0 Å². The predicted molar refractivity (Wildman–Crippen MR) is 95.7 cm³/mol. The third-order valence-corrected chi connectivity index (χ3v) is 4.69. The summed E-state index contributed by atoms with van der Waals surface area (Å²) in [5, 5.41) is 3.34. The number of aromatic amines is 1.